The third kappa shape index (κ3) is 2.73. The zero-order valence-electron chi connectivity index (χ0n) is 11.0. The van der Waals surface area contributed by atoms with Crippen LogP contribution in [0.5, 0.6) is 5.75 Å². The van der Waals surface area contributed by atoms with Crippen molar-refractivity contribution in [2.45, 2.75) is 13.3 Å². The Balaban J connectivity index is 2.26. The summed E-state index contributed by atoms with van der Waals surface area (Å²) in [6.45, 7) is 2.08. The second-order valence-electron chi connectivity index (χ2n) is 4.28. The van der Waals surface area contributed by atoms with Crippen molar-refractivity contribution in [3.05, 3.63) is 53.9 Å². The highest BCUT2D eigenvalue weighted by Crippen LogP contribution is 2.20. The molecule has 0 unspecified atom stereocenters. The molecule has 0 saturated carbocycles. The minimum atomic E-state index is -0.260. The summed E-state index contributed by atoms with van der Waals surface area (Å²) in [6, 6.07) is 9.29. The predicted molar refractivity (Wildman–Crippen MR) is 74.5 cm³/mol. The van der Waals surface area contributed by atoms with Crippen LogP contribution in [0.1, 0.15) is 22.8 Å². The lowest BCUT2D eigenvalue weighted by molar-refractivity contribution is 0.0990. The van der Waals surface area contributed by atoms with Gasteiger partial charge in [-0.05, 0) is 30.2 Å². The lowest BCUT2D eigenvalue weighted by Gasteiger charge is -2.18. The molecule has 4 nitrogen and oxygen atoms in total. The number of aromatic hydroxyl groups is 1. The molecule has 0 bridgehead atoms. The van der Waals surface area contributed by atoms with Crippen molar-refractivity contribution in [2.24, 2.45) is 0 Å². The van der Waals surface area contributed by atoms with Crippen LogP contribution >= 0.6 is 0 Å². The lowest BCUT2D eigenvalue weighted by atomic mass is 10.1. The number of hydrogen-bond acceptors (Lipinski definition) is 3. The first kappa shape index (κ1) is 13.1. The van der Waals surface area contributed by atoms with E-state index in [2.05, 4.69) is 11.9 Å². The Morgan fingerprint density at radius 3 is 2.53 bits per heavy atom. The summed E-state index contributed by atoms with van der Waals surface area (Å²) < 4.78 is 0. The van der Waals surface area contributed by atoms with Crippen molar-refractivity contribution in [2.75, 3.05) is 11.9 Å². The molecule has 19 heavy (non-hydrogen) atoms. The summed E-state index contributed by atoms with van der Waals surface area (Å²) in [6.07, 6.45) is 3.71. The fourth-order valence-electron chi connectivity index (χ4n) is 1.82. The van der Waals surface area contributed by atoms with Gasteiger partial charge in [-0.2, -0.15) is 0 Å². The van der Waals surface area contributed by atoms with Gasteiger partial charge in [0.1, 0.15) is 5.75 Å². The molecular weight excluding hydrogens is 240 g/mol. The molecule has 1 aromatic heterocycles. The van der Waals surface area contributed by atoms with Crippen molar-refractivity contribution in [3.63, 3.8) is 0 Å². The maximum Gasteiger partial charge on any atom is 0.261 e. The van der Waals surface area contributed by atoms with Gasteiger partial charge >= 0.3 is 0 Å². The predicted octanol–water partition coefficient (Wildman–Crippen LogP) is 2.63. The summed E-state index contributed by atoms with van der Waals surface area (Å²) in [5.74, 6) is -0.367. The monoisotopic (exact) mass is 256 g/mol. The maximum absolute atomic E-state index is 12.3. The van der Waals surface area contributed by atoms with Crippen LogP contribution < -0.4 is 4.90 Å². The molecule has 1 heterocycles. The third-order valence-electron chi connectivity index (χ3n) is 3.07. The van der Waals surface area contributed by atoms with Crippen molar-refractivity contribution in [1.29, 1.82) is 0 Å². The largest absolute Gasteiger partial charge is 0.505 e. The molecule has 1 aromatic carbocycles. The van der Waals surface area contributed by atoms with Crippen molar-refractivity contribution in [1.82, 2.24) is 4.98 Å². The van der Waals surface area contributed by atoms with Gasteiger partial charge in [-0.15, -0.1) is 0 Å². The van der Waals surface area contributed by atoms with Gasteiger partial charge in [0.05, 0.1) is 11.8 Å². The lowest BCUT2D eigenvalue weighted by Crippen LogP contribution is -2.26. The fraction of sp³-hybridized carbons (Fsp3) is 0.200. The Bertz CT molecular complexity index is 579. The number of anilines is 1. The van der Waals surface area contributed by atoms with Crippen LogP contribution in [0.25, 0.3) is 0 Å². The molecule has 0 radical (unpaired) electrons. The first-order chi connectivity index (χ1) is 9.13. The van der Waals surface area contributed by atoms with Gasteiger partial charge in [0.15, 0.2) is 0 Å². The molecule has 0 saturated heterocycles. The Morgan fingerprint density at radius 1 is 1.26 bits per heavy atom. The fourth-order valence-corrected chi connectivity index (χ4v) is 1.82. The van der Waals surface area contributed by atoms with E-state index in [1.54, 1.807) is 7.05 Å². The number of rotatable bonds is 3. The molecule has 98 valence electrons. The van der Waals surface area contributed by atoms with Crippen LogP contribution in [0, 0.1) is 0 Å². The van der Waals surface area contributed by atoms with E-state index in [0.29, 0.717) is 0 Å². The molecule has 0 aliphatic carbocycles. The van der Waals surface area contributed by atoms with E-state index in [9.17, 15) is 9.90 Å². The van der Waals surface area contributed by atoms with E-state index in [1.807, 2.05) is 24.3 Å². The number of pyridine rings is 1. The molecule has 0 atom stereocenters. The van der Waals surface area contributed by atoms with Crippen LogP contribution in [0.2, 0.25) is 0 Å². The van der Waals surface area contributed by atoms with Gasteiger partial charge in [0.2, 0.25) is 0 Å². The molecule has 0 fully saturated rings. The number of aromatic nitrogens is 1. The zero-order chi connectivity index (χ0) is 13.8. The van der Waals surface area contributed by atoms with E-state index in [4.69, 9.17) is 0 Å². The average Bonchev–Trinajstić information content (AvgIpc) is 2.46. The van der Waals surface area contributed by atoms with Crippen LogP contribution in [0.4, 0.5) is 5.69 Å². The Labute approximate surface area is 112 Å². The molecule has 2 aromatic rings. The molecule has 4 heteroatoms. The van der Waals surface area contributed by atoms with Crippen LogP contribution in [-0.4, -0.2) is 23.0 Å². The van der Waals surface area contributed by atoms with Crippen LogP contribution in [-0.2, 0) is 6.42 Å². The standard InChI is InChI=1S/C15H16N2O2/c1-3-11-4-6-12(7-5-11)17(2)15(19)13-8-9-16-10-14(13)18/h4-10,18H,3H2,1-2H3. The smallest absolute Gasteiger partial charge is 0.261 e. The van der Waals surface area contributed by atoms with Gasteiger partial charge in [0.25, 0.3) is 5.91 Å². The van der Waals surface area contributed by atoms with Crippen LogP contribution in [0.3, 0.4) is 0 Å². The number of amides is 1. The van der Waals surface area contributed by atoms with Gasteiger partial charge in [0, 0.05) is 18.9 Å². The van der Waals surface area contributed by atoms with Crippen LogP contribution in [0.15, 0.2) is 42.7 Å². The minimum Gasteiger partial charge on any atom is -0.505 e. The normalized spacial score (nSPS) is 10.2. The molecule has 0 aliphatic heterocycles. The van der Waals surface area contributed by atoms with Gasteiger partial charge in [-0.1, -0.05) is 19.1 Å². The number of hydrogen-bond donors (Lipinski definition) is 1. The summed E-state index contributed by atoms with van der Waals surface area (Å²) in [5.41, 5.74) is 2.26. The van der Waals surface area contributed by atoms with E-state index < -0.39 is 0 Å². The molecule has 0 aliphatic rings. The van der Waals surface area contributed by atoms with E-state index in [0.717, 1.165) is 12.1 Å². The van der Waals surface area contributed by atoms with Crippen molar-refractivity contribution >= 4 is 11.6 Å². The highest BCUT2D eigenvalue weighted by molar-refractivity contribution is 6.07. The number of carbonyl (C=O) groups is 1. The Kier molecular flexibility index (Phi) is 3.80. The third-order valence-corrected chi connectivity index (χ3v) is 3.07. The number of aryl methyl sites for hydroxylation is 1. The van der Waals surface area contributed by atoms with Gasteiger partial charge in [-0.3, -0.25) is 9.78 Å². The number of carbonyl (C=O) groups excluding carboxylic acids is 1. The molecule has 1 N–H and O–H groups in total. The van der Waals surface area contributed by atoms with Crippen molar-refractivity contribution < 1.29 is 9.90 Å². The van der Waals surface area contributed by atoms with E-state index in [-0.39, 0.29) is 17.2 Å². The topological polar surface area (TPSA) is 53.4 Å². The van der Waals surface area contributed by atoms with E-state index >= 15 is 0 Å². The van der Waals surface area contributed by atoms with Crippen molar-refractivity contribution in [3.8, 4) is 5.75 Å². The average molecular weight is 256 g/mol. The number of benzene rings is 1. The van der Waals surface area contributed by atoms with E-state index in [1.165, 1.54) is 28.9 Å². The summed E-state index contributed by atoms with van der Waals surface area (Å²) in [5, 5.41) is 9.65. The highest BCUT2D eigenvalue weighted by Gasteiger charge is 2.16. The first-order valence-electron chi connectivity index (χ1n) is 6.13. The second-order valence-corrected chi connectivity index (χ2v) is 4.28. The second kappa shape index (κ2) is 5.52. The molecular formula is C15H16N2O2. The summed E-state index contributed by atoms with van der Waals surface area (Å²) >= 11 is 0. The maximum atomic E-state index is 12.3. The number of nitrogens with zero attached hydrogens (tertiary/aromatic N) is 2. The minimum absolute atomic E-state index is 0.107. The SMILES string of the molecule is CCc1ccc(N(C)C(=O)c2ccncc2O)cc1. The Morgan fingerprint density at radius 2 is 1.95 bits per heavy atom. The van der Waals surface area contributed by atoms with Gasteiger partial charge in [-0.25, -0.2) is 0 Å². The summed E-state index contributed by atoms with van der Waals surface area (Å²) in [7, 11) is 1.68. The first-order valence-corrected chi connectivity index (χ1v) is 6.13. The zero-order valence-corrected chi connectivity index (χ0v) is 11.0. The van der Waals surface area contributed by atoms with Gasteiger partial charge < -0.3 is 10.0 Å². The highest BCUT2D eigenvalue weighted by atomic mass is 16.3. The quantitative estimate of drug-likeness (QED) is 0.918. The molecule has 1 amide bonds. The molecule has 0 spiro atoms. The molecule has 2 rings (SSSR count). The Hall–Kier alpha value is -2.36. The summed E-state index contributed by atoms with van der Waals surface area (Å²) in [4.78, 5) is 17.5.